The Morgan fingerprint density at radius 1 is 1.15 bits per heavy atom. The van der Waals surface area contributed by atoms with Crippen LogP contribution in [0.25, 0.3) is 10.9 Å². The van der Waals surface area contributed by atoms with Gasteiger partial charge in [-0.05, 0) is 24.1 Å². The van der Waals surface area contributed by atoms with E-state index in [0.29, 0.717) is 6.42 Å². The maximum absolute atomic E-state index is 10.4. The zero-order valence-electron chi connectivity index (χ0n) is 11.4. The third-order valence-electron chi connectivity index (χ3n) is 3.60. The van der Waals surface area contributed by atoms with Crippen LogP contribution in [-0.4, -0.2) is 19.6 Å². The van der Waals surface area contributed by atoms with Gasteiger partial charge in [-0.3, -0.25) is 4.98 Å². The van der Waals surface area contributed by atoms with Gasteiger partial charge in [0.25, 0.3) is 0 Å². The highest BCUT2D eigenvalue weighted by Crippen LogP contribution is 2.25. The van der Waals surface area contributed by atoms with Gasteiger partial charge in [0, 0.05) is 37.4 Å². The zero-order chi connectivity index (χ0) is 13.9. The monoisotopic (exact) mass is 267 g/mol. The van der Waals surface area contributed by atoms with E-state index in [9.17, 15) is 5.11 Å². The molecule has 0 saturated carbocycles. The van der Waals surface area contributed by atoms with Crippen molar-refractivity contribution < 1.29 is 5.11 Å². The van der Waals surface area contributed by atoms with E-state index < -0.39 is 6.10 Å². The van der Waals surface area contributed by atoms with Crippen LogP contribution in [0.2, 0.25) is 0 Å². The molecular formula is C16H17N3O. The Hall–Kier alpha value is -2.20. The summed E-state index contributed by atoms with van der Waals surface area (Å²) < 4.78 is 1.98. The van der Waals surface area contributed by atoms with E-state index in [1.807, 2.05) is 48.1 Å². The highest BCUT2D eigenvalue weighted by Gasteiger charge is 2.12. The second-order valence-corrected chi connectivity index (χ2v) is 4.93. The van der Waals surface area contributed by atoms with Crippen molar-refractivity contribution in [2.45, 2.75) is 18.9 Å². The smallest absolute Gasteiger partial charge is 0.108 e. The number of aliphatic hydroxyl groups is 1. The third kappa shape index (κ3) is 2.42. The van der Waals surface area contributed by atoms with Crippen LogP contribution in [0.3, 0.4) is 0 Å². The minimum absolute atomic E-state index is 0.500. The molecule has 0 spiro atoms. The Kier molecular flexibility index (Phi) is 3.48. The lowest BCUT2D eigenvalue weighted by molar-refractivity contribution is 0.168. The Bertz CT molecular complexity index is 715. The van der Waals surface area contributed by atoms with Crippen molar-refractivity contribution in [3.8, 4) is 0 Å². The van der Waals surface area contributed by atoms with Crippen LogP contribution >= 0.6 is 0 Å². The number of imidazole rings is 1. The van der Waals surface area contributed by atoms with Gasteiger partial charge in [-0.15, -0.1) is 0 Å². The minimum atomic E-state index is -0.500. The van der Waals surface area contributed by atoms with Crippen LogP contribution in [0, 0.1) is 0 Å². The lowest BCUT2D eigenvalue weighted by Crippen LogP contribution is -2.04. The van der Waals surface area contributed by atoms with Gasteiger partial charge in [-0.1, -0.05) is 18.2 Å². The number of fused-ring (bicyclic) bond motifs is 1. The molecule has 3 rings (SSSR count). The number of aryl methyl sites for hydroxylation is 2. The van der Waals surface area contributed by atoms with Crippen molar-refractivity contribution >= 4 is 10.9 Å². The molecule has 102 valence electrons. The quantitative estimate of drug-likeness (QED) is 0.790. The van der Waals surface area contributed by atoms with Gasteiger partial charge in [0.05, 0.1) is 11.6 Å². The molecule has 1 atom stereocenters. The van der Waals surface area contributed by atoms with Gasteiger partial charge >= 0.3 is 0 Å². The summed E-state index contributed by atoms with van der Waals surface area (Å²) >= 11 is 0. The number of hydrogen-bond acceptors (Lipinski definition) is 3. The lowest BCUT2D eigenvalue weighted by Gasteiger charge is -2.13. The van der Waals surface area contributed by atoms with E-state index in [2.05, 4.69) is 9.97 Å². The second kappa shape index (κ2) is 5.43. The summed E-state index contributed by atoms with van der Waals surface area (Å²) in [4.78, 5) is 8.60. The van der Waals surface area contributed by atoms with E-state index in [0.717, 1.165) is 28.7 Å². The molecule has 2 aromatic heterocycles. The van der Waals surface area contributed by atoms with Crippen molar-refractivity contribution in [1.82, 2.24) is 14.5 Å². The minimum Gasteiger partial charge on any atom is -0.388 e. The fourth-order valence-corrected chi connectivity index (χ4v) is 2.47. The van der Waals surface area contributed by atoms with E-state index in [1.165, 1.54) is 0 Å². The maximum atomic E-state index is 10.4. The first-order valence-corrected chi connectivity index (χ1v) is 6.73. The third-order valence-corrected chi connectivity index (χ3v) is 3.60. The lowest BCUT2D eigenvalue weighted by atomic mass is 10.0. The molecule has 0 aliphatic rings. The molecular weight excluding hydrogens is 250 g/mol. The first kappa shape index (κ1) is 12.8. The molecule has 1 unspecified atom stereocenters. The second-order valence-electron chi connectivity index (χ2n) is 4.93. The molecule has 0 aliphatic heterocycles. The van der Waals surface area contributed by atoms with Crippen LogP contribution in [0.4, 0.5) is 0 Å². The number of hydrogen-bond donors (Lipinski definition) is 1. The van der Waals surface area contributed by atoms with Crippen molar-refractivity contribution in [1.29, 1.82) is 0 Å². The van der Waals surface area contributed by atoms with Crippen LogP contribution in [0.5, 0.6) is 0 Å². The van der Waals surface area contributed by atoms with Gasteiger partial charge in [-0.25, -0.2) is 4.98 Å². The summed E-state index contributed by atoms with van der Waals surface area (Å²) in [5.41, 5.74) is 1.85. The van der Waals surface area contributed by atoms with Crippen molar-refractivity contribution in [2.24, 2.45) is 7.05 Å². The number of nitrogens with zero attached hydrogens (tertiary/aromatic N) is 3. The number of aromatic nitrogens is 3. The molecule has 0 bridgehead atoms. The average molecular weight is 267 g/mol. The van der Waals surface area contributed by atoms with Gasteiger partial charge in [-0.2, -0.15) is 0 Å². The highest BCUT2D eigenvalue weighted by molar-refractivity contribution is 5.82. The molecule has 0 aliphatic carbocycles. The Morgan fingerprint density at radius 2 is 2.00 bits per heavy atom. The van der Waals surface area contributed by atoms with E-state index in [-0.39, 0.29) is 0 Å². The highest BCUT2D eigenvalue weighted by atomic mass is 16.3. The van der Waals surface area contributed by atoms with Crippen molar-refractivity contribution in [3.05, 3.63) is 60.3 Å². The molecule has 0 radical (unpaired) electrons. The topological polar surface area (TPSA) is 50.9 Å². The molecule has 2 heterocycles. The van der Waals surface area contributed by atoms with Gasteiger partial charge in [0.15, 0.2) is 0 Å². The Balaban J connectivity index is 1.82. The van der Waals surface area contributed by atoms with Gasteiger partial charge in [0.1, 0.15) is 5.82 Å². The van der Waals surface area contributed by atoms with Crippen molar-refractivity contribution in [3.63, 3.8) is 0 Å². The molecule has 20 heavy (non-hydrogen) atoms. The number of benzene rings is 1. The maximum Gasteiger partial charge on any atom is 0.108 e. The standard InChI is InChI=1S/C16H17N3O/c1-19-11-10-18-16(19)7-6-15(20)13-8-9-17-14-5-3-2-4-12(13)14/h2-5,8-11,15,20H,6-7H2,1H3. The zero-order valence-corrected chi connectivity index (χ0v) is 11.4. The summed E-state index contributed by atoms with van der Waals surface area (Å²) in [5.74, 6) is 0.988. The molecule has 4 nitrogen and oxygen atoms in total. The number of para-hydroxylation sites is 1. The summed E-state index contributed by atoms with van der Waals surface area (Å²) in [6.07, 6.45) is 6.36. The van der Waals surface area contributed by atoms with E-state index >= 15 is 0 Å². The fraction of sp³-hybridized carbons (Fsp3) is 0.250. The summed E-state index contributed by atoms with van der Waals surface area (Å²) in [6.45, 7) is 0. The molecule has 1 N–H and O–H groups in total. The van der Waals surface area contributed by atoms with Crippen molar-refractivity contribution in [2.75, 3.05) is 0 Å². The molecule has 0 fully saturated rings. The largest absolute Gasteiger partial charge is 0.388 e. The van der Waals surface area contributed by atoms with E-state index in [1.54, 1.807) is 12.4 Å². The molecule has 1 aromatic carbocycles. The number of aliphatic hydroxyl groups excluding tert-OH is 1. The average Bonchev–Trinajstić information content (AvgIpc) is 2.89. The summed E-state index contributed by atoms with van der Waals surface area (Å²) in [5, 5.41) is 11.5. The first-order chi connectivity index (χ1) is 9.75. The predicted molar refractivity (Wildman–Crippen MR) is 78.2 cm³/mol. The summed E-state index contributed by atoms with van der Waals surface area (Å²) in [6, 6.07) is 9.79. The van der Waals surface area contributed by atoms with E-state index in [4.69, 9.17) is 0 Å². The van der Waals surface area contributed by atoms with Gasteiger partial charge in [0.2, 0.25) is 0 Å². The SMILES string of the molecule is Cn1ccnc1CCC(O)c1ccnc2ccccc12. The van der Waals surface area contributed by atoms with Crippen LogP contribution in [0.1, 0.15) is 23.9 Å². The fourth-order valence-electron chi connectivity index (χ4n) is 2.47. The predicted octanol–water partition coefficient (Wildman–Crippen LogP) is 2.63. The van der Waals surface area contributed by atoms with Crippen LogP contribution in [-0.2, 0) is 13.5 Å². The normalized spacial score (nSPS) is 12.7. The number of rotatable bonds is 4. The molecule has 4 heteroatoms. The number of pyridine rings is 1. The van der Waals surface area contributed by atoms with Crippen LogP contribution in [0.15, 0.2) is 48.9 Å². The Morgan fingerprint density at radius 3 is 2.80 bits per heavy atom. The molecule has 0 saturated heterocycles. The summed E-state index contributed by atoms with van der Waals surface area (Å²) in [7, 11) is 1.97. The first-order valence-electron chi connectivity index (χ1n) is 6.73. The van der Waals surface area contributed by atoms with Crippen LogP contribution < -0.4 is 0 Å². The Labute approximate surface area is 117 Å². The van der Waals surface area contributed by atoms with Gasteiger partial charge < -0.3 is 9.67 Å². The molecule has 3 aromatic rings. The molecule has 0 amide bonds.